The predicted octanol–water partition coefficient (Wildman–Crippen LogP) is 2.46. The molecule has 6 N–H and O–H groups in total. The van der Waals surface area contributed by atoms with Gasteiger partial charge < -0.3 is 26.1 Å². The summed E-state index contributed by atoms with van der Waals surface area (Å²) in [5.41, 5.74) is 10.2. The maximum absolute atomic E-state index is 12.5. The molecule has 2 aromatic heterocycles. The van der Waals surface area contributed by atoms with E-state index in [0.29, 0.717) is 24.3 Å². The van der Waals surface area contributed by atoms with Crippen LogP contribution in [0.1, 0.15) is 29.3 Å². The Hall–Kier alpha value is -3.78. The Morgan fingerprint density at radius 2 is 2.00 bits per heavy atom. The van der Waals surface area contributed by atoms with Crippen LogP contribution in [0.25, 0.3) is 10.9 Å². The van der Waals surface area contributed by atoms with Gasteiger partial charge in [0.05, 0.1) is 12.2 Å². The van der Waals surface area contributed by atoms with E-state index in [1.807, 2.05) is 30.5 Å². The van der Waals surface area contributed by atoms with Gasteiger partial charge in [0.2, 0.25) is 11.8 Å². The number of rotatable bonds is 7. The second-order valence-electron chi connectivity index (χ2n) is 7.57. The first-order valence-corrected chi connectivity index (χ1v) is 10.1. The third-order valence-electron chi connectivity index (χ3n) is 5.31. The Morgan fingerprint density at radius 3 is 2.77 bits per heavy atom. The summed E-state index contributed by atoms with van der Waals surface area (Å²) in [4.78, 5) is 30.0. The standard InChI is InChI=1S/C23H25N5O3/c1-14(29)26-19-5-3-2-4-17(19)13-28-22(30)21(27-23(28)31)11-15-6-7-20-18(10-15)16(8-9-24)12-25-20/h2-7,10,12,25,30H,8-9,11,13,24H2,1H3,(H,26,29)(H,27,31). The van der Waals surface area contributed by atoms with E-state index < -0.39 is 5.69 Å². The van der Waals surface area contributed by atoms with Crippen LogP contribution in [0.2, 0.25) is 0 Å². The van der Waals surface area contributed by atoms with E-state index in [0.717, 1.165) is 34.0 Å². The van der Waals surface area contributed by atoms with E-state index >= 15 is 0 Å². The molecular weight excluding hydrogens is 394 g/mol. The summed E-state index contributed by atoms with van der Waals surface area (Å²) in [6.07, 6.45) is 3.11. The van der Waals surface area contributed by atoms with Crippen LogP contribution >= 0.6 is 0 Å². The van der Waals surface area contributed by atoms with Gasteiger partial charge in [-0.15, -0.1) is 0 Å². The first-order chi connectivity index (χ1) is 15.0. The number of aromatic nitrogens is 3. The highest BCUT2D eigenvalue weighted by atomic mass is 16.3. The molecule has 0 aliphatic heterocycles. The van der Waals surface area contributed by atoms with Crippen molar-refractivity contribution < 1.29 is 9.90 Å². The maximum Gasteiger partial charge on any atom is 0.328 e. The average Bonchev–Trinajstić information content (AvgIpc) is 3.25. The van der Waals surface area contributed by atoms with Gasteiger partial charge >= 0.3 is 5.69 Å². The summed E-state index contributed by atoms with van der Waals surface area (Å²) in [5, 5.41) is 14.6. The van der Waals surface area contributed by atoms with Crippen LogP contribution in [-0.2, 0) is 24.2 Å². The molecule has 8 nitrogen and oxygen atoms in total. The minimum absolute atomic E-state index is 0.112. The zero-order chi connectivity index (χ0) is 22.0. The number of anilines is 1. The van der Waals surface area contributed by atoms with Crippen molar-refractivity contribution in [3.63, 3.8) is 0 Å². The zero-order valence-electron chi connectivity index (χ0n) is 17.2. The Balaban J connectivity index is 1.62. The van der Waals surface area contributed by atoms with Crippen molar-refractivity contribution in [3.05, 3.63) is 81.5 Å². The number of aromatic amines is 2. The Kier molecular flexibility index (Phi) is 5.64. The summed E-state index contributed by atoms with van der Waals surface area (Å²) in [6, 6.07) is 13.2. The Morgan fingerprint density at radius 1 is 1.19 bits per heavy atom. The Bertz CT molecular complexity index is 1300. The lowest BCUT2D eigenvalue weighted by atomic mass is 10.0. The summed E-state index contributed by atoms with van der Waals surface area (Å²) >= 11 is 0. The fourth-order valence-electron chi connectivity index (χ4n) is 3.82. The molecule has 2 heterocycles. The van der Waals surface area contributed by atoms with E-state index in [1.165, 1.54) is 11.5 Å². The number of amides is 1. The lowest BCUT2D eigenvalue weighted by molar-refractivity contribution is -0.114. The number of aromatic hydroxyl groups is 1. The number of hydrogen-bond acceptors (Lipinski definition) is 4. The molecule has 0 bridgehead atoms. The number of benzene rings is 2. The smallest absolute Gasteiger partial charge is 0.328 e. The van der Waals surface area contributed by atoms with Crippen LogP contribution in [0.4, 0.5) is 5.69 Å². The van der Waals surface area contributed by atoms with Crippen molar-refractivity contribution in [3.8, 4) is 5.88 Å². The largest absolute Gasteiger partial charge is 0.493 e. The van der Waals surface area contributed by atoms with E-state index in [2.05, 4.69) is 21.4 Å². The van der Waals surface area contributed by atoms with Crippen LogP contribution in [-0.4, -0.2) is 32.1 Å². The quantitative estimate of drug-likeness (QED) is 0.315. The molecular formula is C23H25N5O3. The van der Waals surface area contributed by atoms with Gasteiger partial charge in [0.1, 0.15) is 0 Å². The number of H-pyrrole nitrogens is 2. The molecule has 0 fully saturated rings. The zero-order valence-corrected chi connectivity index (χ0v) is 17.2. The molecule has 8 heteroatoms. The summed E-state index contributed by atoms with van der Waals surface area (Å²) < 4.78 is 1.27. The van der Waals surface area contributed by atoms with Gasteiger partial charge in [0, 0.05) is 36.1 Å². The van der Waals surface area contributed by atoms with Gasteiger partial charge in [-0.25, -0.2) is 4.79 Å². The van der Waals surface area contributed by atoms with Crippen molar-refractivity contribution in [2.45, 2.75) is 26.3 Å². The number of nitrogens with zero attached hydrogens (tertiary/aromatic N) is 1. The predicted molar refractivity (Wildman–Crippen MR) is 120 cm³/mol. The van der Waals surface area contributed by atoms with Crippen molar-refractivity contribution >= 4 is 22.5 Å². The van der Waals surface area contributed by atoms with Crippen molar-refractivity contribution in [1.29, 1.82) is 0 Å². The molecule has 1 amide bonds. The molecule has 0 saturated carbocycles. The van der Waals surface area contributed by atoms with Gasteiger partial charge in [-0.1, -0.05) is 24.3 Å². The summed E-state index contributed by atoms with van der Waals surface area (Å²) in [7, 11) is 0. The first kappa shape index (κ1) is 20.5. The number of nitrogens with one attached hydrogen (secondary N) is 3. The molecule has 4 aromatic rings. The normalized spacial score (nSPS) is 11.2. The highest BCUT2D eigenvalue weighted by Gasteiger charge is 2.16. The van der Waals surface area contributed by atoms with Gasteiger partial charge in [-0.3, -0.25) is 9.36 Å². The highest BCUT2D eigenvalue weighted by Crippen LogP contribution is 2.25. The maximum atomic E-state index is 12.5. The minimum Gasteiger partial charge on any atom is -0.493 e. The van der Waals surface area contributed by atoms with Crippen molar-refractivity contribution in [2.24, 2.45) is 5.73 Å². The monoisotopic (exact) mass is 419 g/mol. The summed E-state index contributed by atoms with van der Waals surface area (Å²) in [6.45, 7) is 2.12. The molecule has 0 spiro atoms. The minimum atomic E-state index is -0.406. The van der Waals surface area contributed by atoms with Gasteiger partial charge in [-0.05, 0) is 47.9 Å². The third kappa shape index (κ3) is 4.24. The third-order valence-corrected chi connectivity index (χ3v) is 5.31. The number of carbonyl (C=O) groups excluding carboxylic acids is 1. The Labute approximate surface area is 178 Å². The van der Waals surface area contributed by atoms with Crippen molar-refractivity contribution in [1.82, 2.24) is 14.5 Å². The van der Waals surface area contributed by atoms with Gasteiger partial charge in [0.15, 0.2) is 0 Å². The average molecular weight is 419 g/mol. The fourth-order valence-corrected chi connectivity index (χ4v) is 3.82. The molecule has 31 heavy (non-hydrogen) atoms. The van der Waals surface area contributed by atoms with Gasteiger partial charge in [0.25, 0.3) is 0 Å². The molecule has 0 saturated heterocycles. The van der Waals surface area contributed by atoms with E-state index in [9.17, 15) is 14.7 Å². The lowest BCUT2D eigenvalue weighted by Crippen LogP contribution is -2.18. The van der Waals surface area contributed by atoms with Crippen LogP contribution in [0.15, 0.2) is 53.5 Å². The van der Waals surface area contributed by atoms with Crippen molar-refractivity contribution in [2.75, 3.05) is 11.9 Å². The van der Waals surface area contributed by atoms with Crippen LogP contribution < -0.4 is 16.7 Å². The summed E-state index contributed by atoms with van der Waals surface area (Å²) in [5.74, 6) is -0.313. The molecule has 0 unspecified atom stereocenters. The van der Waals surface area contributed by atoms with Gasteiger partial charge in [-0.2, -0.15) is 0 Å². The number of carbonyl (C=O) groups is 1. The fraction of sp³-hybridized carbons (Fsp3) is 0.217. The number of para-hydroxylation sites is 1. The topological polar surface area (TPSA) is 129 Å². The number of hydrogen-bond donors (Lipinski definition) is 5. The SMILES string of the molecule is CC(=O)Nc1ccccc1Cn1c(O)c(Cc2ccc3[nH]cc(CCN)c3c2)[nH]c1=O. The van der Waals surface area contributed by atoms with Crippen LogP contribution in [0, 0.1) is 0 Å². The second-order valence-corrected chi connectivity index (χ2v) is 7.57. The highest BCUT2D eigenvalue weighted by molar-refractivity contribution is 5.89. The van der Waals surface area contributed by atoms with E-state index in [4.69, 9.17) is 5.73 Å². The van der Waals surface area contributed by atoms with Crippen LogP contribution in [0.5, 0.6) is 5.88 Å². The molecule has 4 rings (SSSR count). The van der Waals surface area contributed by atoms with E-state index in [-0.39, 0.29) is 18.3 Å². The molecule has 0 radical (unpaired) electrons. The first-order valence-electron chi connectivity index (χ1n) is 10.1. The molecule has 2 aromatic carbocycles. The molecule has 0 aliphatic rings. The molecule has 0 atom stereocenters. The number of fused-ring (bicyclic) bond motifs is 1. The molecule has 160 valence electrons. The van der Waals surface area contributed by atoms with E-state index in [1.54, 1.807) is 12.1 Å². The lowest BCUT2D eigenvalue weighted by Gasteiger charge is -2.10. The molecule has 0 aliphatic carbocycles. The number of nitrogens with two attached hydrogens (primary N) is 1. The number of imidazole rings is 1. The van der Waals surface area contributed by atoms with Crippen LogP contribution in [0.3, 0.4) is 0 Å². The second kappa shape index (κ2) is 8.53.